The minimum absolute atomic E-state index is 0.00850. The Morgan fingerprint density at radius 2 is 1.86 bits per heavy atom. The van der Waals surface area contributed by atoms with Crippen LogP contribution in [0.3, 0.4) is 0 Å². The van der Waals surface area contributed by atoms with Crippen molar-refractivity contribution in [3.8, 4) is 16.9 Å². The van der Waals surface area contributed by atoms with Crippen LogP contribution >= 0.6 is 11.6 Å². The zero-order valence-corrected chi connectivity index (χ0v) is 17.9. The number of hydrogen-bond acceptors (Lipinski definition) is 4. The SMILES string of the molecule is CCS(=O)(=O)c1ccc(OCC2CC2)c(-c2cn(C)c(=O)c3ccc(Cl)cc23)c1. The lowest BCUT2D eigenvalue weighted by Gasteiger charge is -2.16. The molecule has 1 aliphatic rings. The number of aryl methyl sites for hydroxylation is 1. The van der Waals surface area contributed by atoms with Gasteiger partial charge in [0, 0.05) is 34.8 Å². The lowest BCUT2D eigenvalue weighted by atomic mass is 9.99. The number of ether oxygens (including phenoxy) is 1. The van der Waals surface area contributed by atoms with Crippen LogP contribution in [0.25, 0.3) is 21.9 Å². The molecule has 5 nitrogen and oxygen atoms in total. The topological polar surface area (TPSA) is 65.4 Å². The molecule has 2 aromatic carbocycles. The normalized spacial score (nSPS) is 14.3. The minimum atomic E-state index is -3.39. The van der Waals surface area contributed by atoms with Gasteiger partial charge in [0.05, 0.1) is 17.3 Å². The summed E-state index contributed by atoms with van der Waals surface area (Å²) in [6, 6.07) is 10.0. The Kier molecular flexibility index (Phi) is 5.17. The molecule has 0 N–H and O–H groups in total. The Hall–Kier alpha value is -2.31. The summed E-state index contributed by atoms with van der Waals surface area (Å²) >= 11 is 6.21. The van der Waals surface area contributed by atoms with Crippen LogP contribution < -0.4 is 10.3 Å². The number of halogens is 1. The summed E-state index contributed by atoms with van der Waals surface area (Å²) in [4.78, 5) is 12.8. The molecule has 0 radical (unpaired) electrons. The molecule has 0 amide bonds. The first-order chi connectivity index (χ1) is 13.8. The van der Waals surface area contributed by atoms with Gasteiger partial charge in [0.15, 0.2) is 9.84 Å². The molecule has 0 atom stereocenters. The maximum Gasteiger partial charge on any atom is 0.258 e. The molecule has 1 heterocycles. The van der Waals surface area contributed by atoms with Crippen molar-refractivity contribution in [3.63, 3.8) is 0 Å². The Morgan fingerprint density at radius 1 is 1.10 bits per heavy atom. The highest BCUT2D eigenvalue weighted by Crippen LogP contribution is 2.38. The third kappa shape index (κ3) is 3.91. The highest BCUT2D eigenvalue weighted by Gasteiger charge is 2.24. The van der Waals surface area contributed by atoms with Gasteiger partial charge < -0.3 is 9.30 Å². The van der Waals surface area contributed by atoms with Crippen LogP contribution in [0, 0.1) is 5.92 Å². The van der Waals surface area contributed by atoms with Crippen molar-refractivity contribution < 1.29 is 13.2 Å². The Balaban J connectivity index is 1.99. The van der Waals surface area contributed by atoms with Crippen molar-refractivity contribution >= 4 is 32.2 Å². The van der Waals surface area contributed by atoms with Gasteiger partial charge in [0.2, 0.25) is 0 Å². The van der Waals surface area contributed by atoms with Gasteiger partial charge in [-0.2, -0.15) is 0 Å². The van der Waals surface area contributed by atoms with E-state index in [1.54, 1.807) is 56.6 Å². The van der Waals surface area contributed by atoms with Crippen LogP contribution in [0.15, 0.2) is 52.3 Å². The van der Waals surface area contributed by atoms with Gasteiger partial charge in [0.1, 0.15) is 5.75 Å². The number of sulfone groups is 1. The number of fused-ring (bicyclic) bond motifs is 1. The smallest absolute Gasteiger partial charge is 0.258 e. The van der Waals surface area contributed by atoms with E-state index in [1.807, 2.05) is 0 Å². The minimum Gasteiger partial charge on any atom is -0.493 e. The Bertz CT molecular complexity index is 1260. The molecule has 0 bridgehead atoms. The average Bonchev–Trinajstić information content (AvgIpc) is 3.53. The fraction of sp³-hybridized carbons (Fsp3) is 0.318. The summed E-state index contributed by atoms with van der Waals surface area (Å²) in [5.74, 6) is 1.16. The molecular weight excluding hydrogens is 410 g/mol. The van der Waals surface area contributed by atoms with E-state index in [-0.39, 0.29) is 16.2 Å². The predicted molar refractivity (Wildman–Crippen MR) is 116 cm³/mol. The van der Waals surface area contributed by atoms with Gasteiger partial charge >= 0.3 is 0 Å². The molecule has 0 saturated heterocycles. The third-order valence-corrected chi connectivity index (χ3v) is 7.26. The van der Waals surface area contributed by atoms with E-state index in [9.17, 15) is 13.2 Å². The first kappa shape index (κ1) is 20.0. The summed E-state index contributed by atoms with van der Waals surface area (Å²) in [7, 11) is -1.72. The van der Waals surface area contributed by atoms with Crippen molar-refractivity contribution in [2.45, 2.75) is 24.7 Å². The number of hydrogen-bond donors (Lipinski definition) is 0. The summed E-state index contributed by atoms with van der Waals surface area (Å²) in [6.07, 6.45) is 4.01. The largest absolute Gasteiger partial charge is 0.493 e. The lowest BCUT2D eigenvalue weighted by molar-refractivity contribution is 0.301. The maximum absolute atomic E-state index is 12.6. The molecule has 0 aliphatic heterocycles. The molecule has 1 fully saturated rings. The van der Waals surface area contributed by atoms with Crippen LogP contribution in [0.1, 0.15) is 19.8 Å². The number of pyridine rings is 1. The Morgan fingerprint density at radius 3 is 2.55 bits per heavy atom. The highest BCUT2D eigenvalue weighted by molar-refractivity contribution is 7.91. The van der Waals surface area contributed by atoms with E-state index < -0.39 is 9.84 Å². The van der Waals surface area contributed by atoms with Gasteiger partial charge in [-0.05, 0) is 60.5 Å². The zero-order chi connectivity index (χ0) is 20.8. The van der Waals surface area contributed by atoms with Gasteiger partial charge in [-0.15, -0.1) is 0 Å². The van der Waals surface area contributed by atoms with Crippen molar-refractivity contribution in [1.82, 2.24) is 4.57 Å². The maximum atomic E-state index is 12.6. The van der Waals surface area contributed by atoms with Crippen LogP contribution in [0.2, 0.25) is 5.02 Å². The van der Waals surface area contributed by atoms with Gasteiger partial charge in [-0.25, -0.2) is 8.42 Å². The van der Waals surface area contributed by atoms with E-state index in [2.05, 4.69) is 0 Å². The van der Waals surface area contributed by atoms with Crippen molar-refractivity contribution in [2.75, 3.05) is 12.4 Å². The standard InChI is InChI=1S/C22H22ClNO4S/c1-3-29(26,27)16-7-9-21(28-13-14-4-5-14)19(11-16)20-12-24(2)22(25)17-8-6-15(23)10-18(17)20/h6-12,14H,3-5,13H2,1-2H3. The van der Waals surface area contributed by atoms with Gasteiger partial charge in [-0.1, -0.05) is 18.5 Å². The lowest BCUT2D eigenvalue weighted by Crippen LogP contribution is -2.16. The second-order valence-electron chi connectivity index (χ2n) is 7.46. The second kappa shape index (κ2) is 7.50. The summed E-state index contributed by atoms with van der Waals surface area (Å²) in [6.45, 7) is 2.21. The van der Waals surface area contributed by atoms with E-state index in [1.165, 1.54) is 4.57 Å². The van der Waals surface area contributed by atoms with E-state index >= 15 is 0 Å². The summed E-state index contributed by atoms with van der Waals surface area (Å²) in [5, 5.41) is 1.69. The number of rotatable bonds is 6. The fourth-order valence-corrected chi connectivity index (χ4v) is 4.43. The van der Waals surface area contributed by atoms with Crippen LogP contribution in [-0.4, -0.2) is 25.3 Å². The molecule has 1 aliphatic carbocycles. The quantitative estimate of drug-likeness (QED) is 0.578. The molecule has 4 rings (SSSR count). The van der Waals surface area contributed by atoms with E-state index in [0.717, 1.165) is 12.8 Å². The van der Waals surface area contributed by atoms with E-state index in [4.69, 9.17) is 16.3 Å². The first-order valence-corrected chi connectivity index (χ1v) is 11.6. The van der Waals surface area contributed by atoms with Crippen molar-refractivity contribution in [2.24, 2.45) is 13.0 Å². The van der Waals surface area contributed by atoms with Crippen LogP contribution in [0.4, 0.5) is 0 Å². The predicted octanol–water partition coefficient (Wildman–Crippen LogP) is 4.44. The number of benzene rings is 2. The molecular formula is C22H22ClNO4S. The average molecular weight is 432 g/mol. The molecule has 7 heteroatoms. The molecule has 0 spiro atoms. The summed E-state index contributed by atoms with van der Waals surface area (Å²) < 4.78 is 32.5. The van der Waals surface area contributed by atoms with Crippen LogP contribution in [-0.2, 0) is 16.9 Å². The van der Waals surface area contributed by atoms with Gasteiger partial charge in [0.25, 0.3) is 5.56 Å². The van der Waals surface area contributed by atoms with Crippen LogP contribution in [0.5, 0.6) is 5.75 Å². The molecule has 3 aromatic rings. The summed E-state index contributed by atoms with van der Waals surface area (Å²) in [5.41, 5.74) is 1.21. The van der Waals surface area contributed by atoms with E-state index in [0.29, 0.717) is 45.2 Å². The molecule has 0 unspecified atom stereocenters. The highest BCUT2D eigenvalue weighted by atomic mass is 35.5. The van der Waals surface area contributed by atoms with Gasteiger partial charge in [-0.3, -0.25) is 4.79 Å². The van der Waals surface area contributed by atoms with Crippen molar-refractivity contribution in [1.29, 1.82) is 0 Å². The number of nitrogens with zero attached hydrogens (tertiary/aromatic N) is 1. The zero-order valence-electron chi connectivity index (χ0n) is 16.3. The fourth-order valence-electron chi connectivity index (χ4n) is 3.35. The Labute approximate surface area is 174 Å². The third-order valence-electron chi connectivity index (χ3n) is 5.30. The second-order valence-corrected chi connectivity index (χ2v) is 10.2. The number of aromatic nitrogens is 1. The van der Waals surface area contributed by atoms with Crippen molar-refractivity contribution in [3.05, 3.63) is 58.0 Å². The molecule has 29 heavy (non-hydrogen) atoms. The molecule has 1 aromatic heterocycles. The monoisotopic (exact) mass is 431 g/mol. The first-order valence-electron chi connectivity index (χ1n) is 9.59. The molecule has 1 saturated carbocycles. The molecule has 152 valence electrons.